The maximum Gasteiger partial charge on any atom is 0.165 e. The molecule has 0 aliphatic heterocycles. The monoisotopic (exact) mass is 574 g/mol. The van der Waals surface area contributed by atoms with Crippen LogP contribution in [0.4, 0.5) is 0 Å². The molecule has 0 aliphatic carbocycles. The molecule has 0 aliphatic rings. The van der Waals surface area contributed by atoms with E-state index in [0.717, 1.165) is 39.1 Å². The van der Waals surface area contributed by atoms with Gasteiger partial charge in [0.15, 0.2) is 5.82 Å². The smallest absolute Gasteiger partial charge is 0.165 e. The standard InChI is InChI=1S/C41H26N4/c1-2-8-27(9-3-1)28-14-16-29(17-15-28)33-18-19-38-34(25-33)35-24-31-10-4-5-11-32(31)26-39(35)45(38)41-40(30-20-22-42-23-21-30)43-36-12-6-7-13-37(36)44-41/h1-26H. The van der Waals surface area contributed by atoms with Crippen LogP contribution in [0.3, 0.4) is 0 Å². The molecule has 3 heterocycles. The molecule has 6 aromatic carbocycles. The second-order valence-electron chi connectivity index (χ2n) is 11.3. The van der Waals surface area contributed by atoms with Crippen molar-refractivity contribution in [2.75, 3.05) is 0 Å². The highest BCUT2D eigenvalue weighted by Crippen LogP contribution is 2.39. The van der Waals surface area contributed by atoms with Gasteiger partial charge < -0.3 is 0 Å². The first-order valence-electron chi connectivity index (χ1n) is 15.1. The highest BCUT2D eigenvalue weighted by molar-refractivity contribution is 6.14. The number of pyridine rings is 1. The summed E-state index contributed by atoms with van der Waals surface area (Å²) in [5.74, 6) is 0.801. The highest BCUT2D eigenvalue weighted by Gasteiger charge is 2.20. The third kappa shape index (κ3) is 4.27. The lowest BCUT2D eigenvalue weighted by atomic mass is 9.99. The molecule has 0 amide bonds. The number of para-hydroxylation sites is 2. The Hall–Kier alpha value is -6.13. The first kappa shape index (κ1) is 25.4. The predicted octanol–water partition coefficient (Wildman–Crippen LogP) is 10.3. The van der Waals surface area contributed by atoms with Crippen molar-refractivity contribution in [3.8, 4) is 39.3 Å². The summed E-state index contributed by atoms with van der Waals surface area (Å²) in [6.07, 6.45) is 3.62. The largest absolute Gasteiger partial charge is 0.292 e. The number of aromatic nitrogens is 4. The molecular formula is C41H26N4. The molecule has 0 spiro atoms. The van der Waals surface area contributed by atoms with Crippen LogP contribution in [0.2, 0.25) is 0 Å². The van der Waals surface area contributed by atoms with Crippen LogP contribution in [0.5, 0.6) is 0 Å². The van der Waals surface area contributed by atoms with Gasteiger partial charge in [-0.05, 0) is 81.6 Å². The first-order chi connectivity index (χ1) is 22.3. The van der Waals surface area contributed by atoms with Crippen molar-refractivity contribution in [3.05, 3.63) is 158 Å². The normalized spacial score (nSPS) is 11.6. The van der Waals surface area contributed by atoms with Gasteiger partial charge in [-0.25, -0.2) is 9.97 Å². The van der Waals surface area contributed by atoms with Gasteiger partial charge >= 0.3 is 0 Å². The maximum atomic E-state index is 5.27. The molecule has 0 saturated heterocycles. The van der Waals surface area contributed by atoms with Crippen LogP contribution in [0.15, 0.2) is 158 Å². The Balaban J connectivity index is 1.32. The molecule has 210 valence electrons. The molecule has 0 unspecified atom stereocenters. The van der Waals surface area contributed by atoms with Crippen molar-refractivity contribution in [2.45, 2.75) is 0 Å². The summed E-state index contributed by atoms with van der Waals surface area (Å²) in [7, 11) is 0. The molecule has 0 bridgehead atoms. The zero-order valence-corrected chi connectivity index (χ0v) is 24.3. The summed E-state index contributed by atoms with van der Waals surface area (Å²) in [4.78, 5) is 14.7. The topological polar surface area (TPSA) is 43.6 Å². The van der Waals surface area contributed by atoms with Crippen molar-refractivity contribution in [3.63, 3.8) is 0 Å². The quantitative estimate of drug-likeness (QED) is 0.210. The van der Waals surface area contributed by atoms with E-state index in [0.29, 0.717) is 0 Å². The minimum Gasteiger partial charge on any atom is -0.292 e. The second-order valence-corrected chi connectivity index (χ2v) is 11.3. The van der Waals surface area contributed by atoms with Crippen LogP contribution in [-0.4, -0.2) is 19.5 Å². The molecule has 0 N–H and O–H groups in total. The van der Waals surface area contributed by atoms with Crippen LogP contribution in [0, 0.1) is 0 Å². The van der Waals surface area contributed by atoms with Crippen molar-refractivity contribution in [1.29, 1.82) is 0 Å². The zero-order valence-electron chi connectivity index (χ0n) is 24.3. The Morgan fingerprint density at radius 2 is 0.978 bits per heavy atom. The van der Waals surface area contributed by atoms with Crippen LogP contribution in [-0.2, 0) is 0 Å². The fourth-order valence-corrected chi connectivity index (χ4v) is 6.45. The SMILES string of the molecule is c1ccc(-c2ccc(-c3ccc4c(c3)c3cc5ccccc5cc3n4-c3nc4ccccc4nc3-c3ccncc3)cc2)cc1. The summed E-state index contributed by atoms with van der Waals surface area (Å²) in [5.41, 5.74) is 10.5. The van der Waals surface area contributed by atoms with Crippen LogP contribution in [0.25, 0.3) is 82.9 Å². The number of rotatable bonds is 4. The fourth-order valence-electron chi connectivity index (χ4n) is 6.45. The average Bonchev–Trinajstić information content (AvgIpc) is 3.43. The van der Waals surface area contributed by atoms with Gasteiger partial charge in [0.25, 0.3) is 0 Å². The van der Waals surface area contributed by atoms with Crippen LogP contribution in [0.1, 0.15) is 0 Å². The second kappa shape index (κ2) is 10.2. The van der Waals surface area contributed by atoms with Crippen molar-refractivity contribution >= 4 is 43.6 Å². The van der Waals surface area contributed by atoms with Crippen LogP contribution < -0.4 is 0 Å². The molecule has 4 nitrogen and oxygen atoms in total. The molecule has 0 saturated carbocycles. The van der Waals surface area contributed by atoms with Gasteiger partial charge in [0.05, 0.1) is 22.1 Å². The van der Waals surface area contributed by atoms with E-state index in [-0.39, 0.29) is 0 Å². The van der Waals surface area contributed by atoms with Crippen LogP contribution >= 0.6 is 0 Å². The summed E-state index contributed by atoms with van der Waals surface area (Å²) in [6, 6.07) is 51.3. The third-order valence-electron chi connectivity index (χ3n) is 8.68. The van der Waals surface area contributed by atoms with E-state index in [4.69, 9.17) is 9.97 Å². The number of benzene rings is 6. The molecule has 4 heteroatoms. The van der Waals surface area contributed by atoms with E-state index in [2.05, 4.69) is 119 Å². The molecule has 9 rings (SSSR count). The highest BCUT2D eigenvalue weighted by atomic mass is 15.1. The van der Waals surface area contributed by atoms with Gasteiger partial charge in [0, 0.05) is 28.7 Å². The van der Waals surface area contributed by atoms with E-state index >= 15 is 0 Å². The van der Waals surface area contributed by atoms with Gasteiger partial charge in [0.2, 0.25) is 0 Å². The number of hydrogen-bond donors (Lipinski definition) is 0. The van der Waals surface area contributed by atoms with Gasteiger partial charge in [-0.2, -0.15) is 0 Å². The van der Waals surface area contributed by atoms with E-state index in [1.54, 1.807) is 0 Å². The molecule has 0 atom stereocenters. The molecule has 45 heavy (non-hydrogen) atoms. The summed E-state index contributed by atoms with van der Waals surface area (Å²) in [5, 5.41) is 4.75. The summed E-state index contributed by atoms with van der Waals surface area (Å²) < 4.78 is 2.29. The molecular weight excluding hydrogens is 548 g/mol. The van der Waals surface area contributed by atoms with Crippen molar-refractivity contribution in [1.82, 2.24) is 19.5 Å². The lowest BCUT2D eigenvalue weighted by Gasteiger charge is -2.14. The van der Waals surface area contributed by atoms with E-state index < -0.39 is 0 Å². The zero-order chi connectivity index (χ0) is 29.7. The van der Waals surface area contributed by atoms with E-state index in [9.17, 15) is 0 Å². The Bertz CT molecular complexity index is 2520. The lowest BCUT2D eigenvalue weighted by Crippen LogP contribution is -2.03. The summed E-state index contributed by atoms with van der Waals surface area (Å²) >= 11 is 0. The minimum atomic E-state index is 0.801. The Kier molecular flexibility index (Phi) is 5.78. The van der Waals surface area contributed by atoms with Crippen molar-refractivity contribution < 1.29 is 0 Å². The maximum absolute atomic E-state index is 5.27. The number of fused-ring (bicyclic) bond motifs is 5. The Morgan fingerprint density at radius 1 is 0.400 bits per heavy atom. The molecule has 9 aromatic rings. The van der Waals surface area contributed by atoms with Gasteiger partial charge in [-0.15, -0.1) is 0 Å². The first-order valence-corrected chi connectivity index (χ1v) is 15.1. The summed E-state index contributed by atoms with van der Waals surface area (Å²) in [6.45, 7) is 0. The third-order valence-corrected chi connectivity index (χ3v) is 8.68. The Morgan fingerprint density at radius 3 is 1.73 bits per heavy atom. The van der Waals surface area contributed by atoms with E-state index in [1.165, 1.54) is 43.8 Å². The van der Waals surface area contributed by atoms with Crippen molar-refractivity contribution in [2.24, 2.45) is 0 Å². The number of nitrogens with zero attached hydrogens (tertiary/aromatic N) is 4. The van der Waals surface area contributed by atoms with Gasteiger partial charge in [-0.1, -0.05) is 97.1 Å². The molecule has 3 aromatic heterocycles. The fraction of sp³-hybridized carbons (Fsp3) is 0. The minimum absolute atomic E-state index is 0.801. The molecule has 0 fully saturated rings. The predicted molar refractivity (Wildman–Crippen MR) is 185 cm³/mol. The number of hydrogen-bond acceptors (Lipinski definition) is 3. The van der Waals surface area contributed by atoms with Gasteiger partial charge in [-0.3, -0.25) is 9.55 Å². The average molecular weight is 575 g/mol. The van der Waals surface area contributed by atoms with E-state index in [1.807, 2.05) is 48.8 Å². The lowest BCUT2D eigenvalue weighted by molar-refractivity contribution is 1.08. The van der Waals surface area contributed by atoms with Gasteiger partial charge in [0.1, 0.15) is 5.69 Å². The Labute approximate surface area is 259 Å². The molecule has 0 radical (unpaired) electrons.